The number of hydrogen-bond donors (Lipinski definition) is 0. The maximum atomic E-state index is 2.50. The molecule has 46 valence electrons. The molecule has 0 bridgehead atoms. The lowest BCUT2D eigenvalue weighted by molar-refractivity contribution is 1.38. The summed E-state index contributed by atoms with van der Waals surface area (Å²) in [4.78, 5) is 0. The van der Waals surface area contributed by atoms with Crippen LogP contribution in [0.1, 0.15) is 25.7 Å². The summed E-state index contributed by atoms with van der Waals surface area (Å²) in [6.45, 7) is 2.50. The highest BCUT2D eigenvalue weighted by atomic mass is 31.1. The Hall–Kier alpha value is 0.430. The lowest BCUT2D eigenvalue weighted by atomic mass is 10.9. The van der Waals surface area contributed by atoms with Crippen LogP contribution in [0.15, 0.2) is 0 Å². The Balaban J connectivity index is 1.84. The Morgan fingerprint density at radius 3 is 1.62 bits per heavy atom. The summed E-state index contributed by atoms with van der Waals surface area (Å²) in [7, 11) is 0.524. The first-order valence-electron chi connectivity index (χ1n) is 3.60. The van der Waals surface area contributed by atoms with Crippen LogP contribution < -0.4 is 0 Å². The van der Waals surface area contributed by atoms with Crippen LogP contribution in [-0.2, 0) is 0 Å². The second-order valence-corrected chi connectivity index (χ2v) is 5.92. The van der Waals surface area contributed by atoms with E-state index in [2.05, 4.69) is 6.66 Å². The molecule has 0 radical (unpaired) electrons. The SMILES string of the molecule is CP(C1CC1)C1CC1. The average Bonchev–Trinajstić information content (AvgIpc) is 2.63. The highest BCUT2D eigenvalue weighted by molar-refractivity contribution is 7.59. The Kier molecular flexibility index (Phi) is 1.11. The molecule has 0 spiro atoms. The van der Waals surface area contributed by atoms with Crippen molar-refractivity contribution in [1.29, 1.82) is 0 Å². The topological polar surface area (TPSA) is 0 Å². The molecule has 0 atom stereocenters. The molecule has 0 aromatic carbocycles. The smallest absolute Gasteiger partial charge is 0.0209 e. The van der Waals surface area contributed by atoms with Gasteiger partial charge in [-0.25, -0.2) is 0 Å². The van der Waals surface area contributed by atoms with Gasteiger partial charge < -0.3 is 0 Å². The van der Waals surface area contributed by atoms with E-state index in [0.717, 1.165) is 0 Å². The zero-order valence-corrected chi connectivity index (χ0v) is 6.32. The molecule has 2 fully saturated rings. The van der Waals surface area contributed by atoms with Crippen molar-refractivity contribution in [2.75, 3.05) is 6.66 Å². The molecule has 0 aromatic heterocycles. The summed E-state index contributed by atoms with van der Waals surface area (Å²) in [5.41, 5.74) is 2.44. The molecule has 0 aromatic rings. The van der Waals surface area contributed by atoms with Gasteiger partial charge in [0.1, 0.15) is 0 Å². The van der Waals surface area contributed by atoms with Crippen molar-refractivity contribution < 1.29 is 0 Å². The van der Waals surface area contributed by atoms with Crippen molar-refractivity contribution >= 4 is 7.92 Å². The summed E-state index contributed by atoms with van der Waals surface area (Å²) in [6.07, 6.45) is 6.27. The van der Waals surface area contributed by atoms with Gasteiger partial charge in [-0.3, -0.25) is 0 Å². The highest BCUT2D eigenvalue weighted by Gasteiger charge is 2.37. The minimum Gasteiger partial charge on any atom is -0.104 e. The van der Waals surface area contributed by atoms with Crippen LogP contribution in [0.25, 0.3) is 0 Å². The normalized spacial score (nSPS) is 29.2. The Morgan fingerprint density at radius 2 is 1.38 bits per heavy atom. The quantitative estimate of drug-likeness (QED) is 0.501. The number of rotatable bonds is 2. The Bertz CT molecular complexity index is 80.6. The molecule has 8 heavy (non-hydrogen) atoms. The third kappa shape index (κ3) is 0.910. The first-order valence-corrected chi connectivity index (χ1v) is 5.52. The second kappa shape index (κ2) is 1.70. The molecule has 2 aliphatic rings. The molecule has 0 heterocycles. The molecule has 2 saturated carbocycles. The first kappa shape index (κ1) is 5.23. The van der Waals surface area contributed by atoms with Gasteiger partial charge in [-0.2, -0.15) is 0 Å². The van der Waals surface area contributed by atoms with Crippen LogP contribution >= 0.6 is 7.92 Å². The van der Waals surface area contributed by atoms with Gasteiger partial charge in [-0.05, 0) is 43.7 Å². The van der Waals surface area contributed by atoms with Crippen molar-refractivity contribution in [3.63, 3.8) is 0 Å². The van der Waals surface area contributed by atoms with E-state index in [4.69, 9.17) is 0 Å². The van der Waals surface area contributed by atoms with E-state index in [-0.39, 0.29) is 0 Å². The van der Waals surface area contributed by atoms with Crippen molar-refractivity contribution in [1.82, 2.24) is 0 Å². The third-order valence-electron chi connectivity index (χ3n) is 2.25. The molecule has 1 heteroatoms. The fourth-order valence-corrected chi connectivity index (χ4v) is 3.79. The van der Waals surface area contributed by atoms with Crippen LogP contribution in [0.3, 0.4) is 0 Å². The standard InChI is InChI=1S/C7H13P/c1-8(6-2-3-6)7-4-5-7/h6-7H,2-5H2,1H3. The minimum absolute atomic E-state index is 0.524. The summed E-state index contributed by atoms with van der Waals surface area (Å²) in [6, 6.07) is 0. The zero-order valence-electron chi connectivity index (χ0n) is 5.43. The van der Waals surface area contributed by atoms with E-state index in [1.807, 2.05) is 0 Å². The summed E-state index contributed by atoms with van der Waals surface area (Å²) < 4.78 is 0. The van der Waals surface area contributed by atoms with Crippen LogP contribution in [-0.4, -0.2) is 18.0 Å². The van der Waals surface area contributed by atoms with Crippen LogP contribution in [0, 0.1) is 0 Å². The molecule has 0 unspecified atom stereocenters. The van der Waals surface area contributed by atoms with Crippen molar-refractivity contribution in [3.8, 4) is 0 Å². The molecule has 2 rings (SSSR count). The predicted octanol–water partition coefficient (Wildman–Crippen LogP) is 2.42. The van der Waals surface area contributed by atoms with Crippen LogP contribution in [0.4, 0.5) is 0 Å². The predicted molar refractivity (Wildman–Crippen MR) is 38.9 cm³/mol. The fraction of sp³-hybridized carbons (Fsp3) is 1.00. The second-order valence-electron chi connectivity index (χ2n) is 3.13. The van der Waals surface area contributed by atoms with E-state index in [1.165, 1.54) is 11.3 Å². The van der Waals surface area contributed by atoms with Crippen LogP contribution in [0.5, 0.6) is 0 Å². The molecule has 0 aliphatic heterocycles. The lowest BCUT2D eigenvalue weighted by Gasteiger charge is -2.06. The molecular formula is C7H13P. The summed E-state index contributed by atoms with van der Waals surface area (Å²) in [5.74, 6) is 0. The molecular weight excluding hydrogens is 115 g/mol. The van der Waals surface area contributed by atoms with E-state index in [9.17, 15) is 0 Å². The minimum atomic E-state index is 0.524. The average molecular weight is 128 g/mol. The molecule has 0 amide bonds. The monoisotopic (exact) mass is 128 g/mol. The summed E-state index contributed by atoms with van der Waals surface area (Å²) >= 11 is 0. The maximum absolute atomic E-state index is 2.50. The van der Waals surface area contributed by atoms with E-state index in [1.54, 1.807) is 25.7 Å². The van der Waals surface area contributed by atoms with Crippen molar-refractivity contribution in [3.05, 3.63) is 0 Å². The third-order valence-corrected chi connectivity index (χ3v) is 5.58. The van der Waals surface area contributed by atoms with Gasteiger partial charge in [-0.1, -0.05) is 0 Å². The van der Waals surface area contributed by atoms with E-state index in [0.29, 0.717) is 7.92 Å². The van der Waals surface area contributed by atoms with Gasteiger partial charge in [0.05, 0.1) is 0 Å². The van der Waals surface area contributed by atoms with Gasteiger partial charge in [0, 0.05) is 0 Å². The highest BCUT2D eigenvalue weighted by Crippen LogP contribution is 2.61. The van der Waals surface area contributed by atoms with Crippen LogP contribution in [0.2, 0.25) is 0 Å². The Labute approximate surface area is 52.4 Å². The van der Waals surface area contributed by atoms with Gasteiger partial charge >= 0.3 is 0 Å². The maximum Gasteiger partial charge on any atom is -0.0209 e. The van der Waals surface area contributed by atoms with Crippen molar-refractivity contribution in [2.24, 2.45) is 0 Å². The molecule has 0 saturated heterocycles. The van der Waals surface area contributed by atoms with E-state index < -0.39 is 0 Å². The van der Waals surface area contributed by atoms with Gasteiger partial charge in [-0.15, -0.1) is 7.92 Å². The van der Waals surface area contributed by atoms with E-state index >= 15 is 0 Å². The summed E-state index contributed by atoms with van der Waals surface area (Å²) in [5, 5.41) is 0. The Morgan fingerprint density at radius 1 is 1.00 bits per heavy atom. The largest absolute Gasteiger partial charge is 0.104 e. The van der Waals surface area contributed by atoms with Gasteiger partial charge in [0.25, 0.3) is 0 Å². The zero-order chi connectivity index (χ0) is 5.56. The molecule has 0 N–H and O–H groups in total. The van der Waals surface area contributed by atoms with Gasteiger partial charge in [0.2, 0.25) is 0 Å². The fourth-order valence-electron chi connectivity index (χ4n) is 1.26. The number of hydrogen-bond acceptors (Lipinski definition) is 0. The molecule has 0 nitrogen and oxygen atoms in total. The molecule has 2 aliphatic carbocycles. The van der Waals surface area contributed by atoms with Crippen molar-refractivity contribution in [2.45, 2.75) is 37.0 Å². The van der Waals surface area contributed by atoms with Gasteiger partial charge in [0.15, 0.2) is 0 Å². The first-order chi connectivity index (χ1) is 3.88. The lowest BCUT2D eigenvalue weighted by Crippen LogP contribution is -1.83.